The molecule has 0 radical (unpaired) electrons. The number of benzene rings is 1. The number of aromatic nitrogens is 5. The third kappa shape index (κ3) is 4.10. The highest BCUT2D eigenvalue weighted by atomic mass is 19.1. The molecule has 8 heteroatoms. The van der Waals surface area contributed by atoms with Crippen molar-refractivity contribution in [1.82, 2.24) is 29.8 Å². The van der Waals surface area contributed by atoms with Crippen LogP contribution in [0.1, 0.15) is 17.0 Å². The molecule has 0 aliphatic carbocycles. The molecule has 0 spiro atoms. The Balaban J connectivity index is 1.35. The van der Waals surface area contributed by atoms with E-state index in [9.17, 15) is 9.18 Å². The molecule has 3 aromatic heterocycles. The highest BCUT2D eigenvalue weighted by Crippen LogP contribution is 2.21. The lowest BCUT2D eigenvalue weighted by molar-refractivity contribution is 0.239. The number of nitrogens with zero attached hydrogens (tertiary/aromatic N) is 5. The fourth-order valence-corrected chi connectivity index (χ4v) is 3.75. The molecule has 0 bridgehead atoms. The van der Waals surface area contributed by atoms with Gasteiger partial charge in [0.15, 0.2) is 0 Å². The average molecular weight is 414 g/mol. The number of hydrogen-bond donors (Lipinski definition) is 1. The number of pyridine rings is 1. The van der Waals surface area contributed by atoms with E-state index in [-0.39, 0.29) is 11.4 Å². The van der Waals surface area contributed by atoms with Gasteiger partial charge < -0.3 is 4.98 Å². The van der Waals surface area contributed by atoms with Crippen molar-refractivity contribution in [2.75, 3.05) is 6.54 Å². The summed E-state index contributed by atoms with van der Waals surface area (Å²) in [6.45, 7) is 1.89. The second-order valence-electron chi connectivity index (χ2n) is 7.45. The SMILES string of the molecule is O=c1[nH]c(-c2cncnc2)nc2c1CN(Cc1cccc(-c3ccc(F)cc3)n1)CC2. The third-order valence-electron chi connectivity index (χ3n) is 5.31. The first-order chi connectivity index (χ1) is 15.2. The van der Waals surface area contributed by atoms with Gasteiger partial charge in [0.2, 0.25) is 0 Å². The molecule has 1 aliphatic rings. The summed E-state index contributed by atoms with van der Waals surface area (Å²) in [5.74, 6) is 0.222. The minimum atomic E-state index is -0.270. The van der Waals surface area contributed by atoms with Gasteiger partial charge >= 0.3 is 0 Å². The van der Waals surface area contributed by atoms with E-state index in [1.165, 1.54) is 18.5 Å². The van der Waals surface area contributed by atoms with E-state index in [0.717, 1.165) is 29.2 Å². The topological polar surface area (TPSA) is 87.7 Å². The lowest BCUT2D eigenvalue weighted by atomic mass is 10.1. The number of H-pyrrole nitrogens is 1. The Hall–Kier alpha value is -3.78. The van der Waals surface area contributed by atoms with Gasteiger partial charge in [-0.15, -0.1) is 0 Å². The monoisotopic (exact) mass is 414 g/mol. The molecule has 0 unspecified atom stereocenters. The molecule has 0 amide bonds. The average Bonchev–Trinajstić information content (AvgIpc) is 2.81. The smallest absolute Gasteiger partial charge is 0.255 e. The number of halogens is 1. The second-order valence-corrected chi connectivity index (χ2v) is 7.45. The van der Waals surface area contributed by atoms with Crippen molar-refractivity contribution in [3.8, 4) is 22.6 Å². The predicted molar refractivity (Wildman–Crippen MR) is 113 cm³/mol. The van der Waals surface area contributed by atoms with Crippen molar-refractivity contribution in [3.05, 3.63) is 94.3 Å². The fraction of sp³-hybridized carbons (Fsp3) is 0.174. The molecule has 1 aromatic carbocycles. The van der Waals surface area contributed by atoms with E-state index in [2.05, 4.69) is 24.8 Å². The zero-order valence-corrected chi connectivity index (χ0v) is 16.6. The van der Waals surface area contributed by atoms with Gasteiger partial charge in [-0.2, -0.15) is 0 Å². The van der Waals surface area contributed by atoms with Crippen molar-refractivity contribution in [2.45, 2.75) is 19.5 Å². The van der Waals surface area contributed by atoms with Crippen LogP contribution in [0.4, 0.5) is 4.39 Å². The highest BCUT2D eigenvalue weighted by Gasteiger charge is 2.22. The lowest BCUT2D eigenvalue weighted by Crippen LogP contribution is -2.35. The Morgan fingerprint density at radius 1 is 1.00 bits per heavy atom. The van der Waals surface area contributed by atoms with Crippen LogP contribution in [0.15, 0.2) is 66.0 Å². The molecular weight excluding hydrogens is 395 g/mol. The fourth-order valence-electron chi connectivity index (χ4n) is 3.75. The van der Waals surface area contributed by atoms with Crippen LogP contribution in [0.3, 0.4) is 0 Å². The van der Waals surface area contributed by atoms with E-state index in [1.807, 2.05) is 18.2 Å². The molecule has 31 heavy (non-hydrogen) atoms. The number of rotatable bonds is 4. The normalized spacial score (nSPS) is 13.7. The summed E-state index contributed by atoms with van der Waals surface area (Å²) in [5.41, 5.74) is 4.60. The summed E-state index contributed by atoms with van der Waals surface area (Å²) in [6.07, 6.45) is 5.38. The first-order valence-electron chi connectivity index (χ1n) is 9.97. The van der Waals surface area contributed by atoms with Crippen molar-refractivity contribution in [3.63, 3.8) is 0 Å². The predicted octanol–water partition coefficient (Wildman–Crippen LogP) is 2.99. The molecule has 4 aromatic rings. The highest BCUT2D eigenvalue weighted by molar-refractivity contribution is 5.59. The largest absolute Gasteiger partial charge is 0.306 e. The van der Waals surface area contributed by atoms with E-state index in [1.54, 1.807) is 24.5 Å². The Morgan fingerprint density at radius 2 is 1.81 bits per heavy atom. The Morgan fingerprint density at radius 3 is 2.61 bits per heavy atom. The number of nitrogens with one attached hydrogen (secondary N) is 1. The van der Waals surface area contributed by atoms with Gasteiger partial charge in [-0.1, -0.05) is 6.07 Å². The zero-order valence-electron chi connectivity index (χ0n) is 16.6. The summed E-state index contributed by atoms with van der Waals surface area (Å²) in [7, 11) is 0. The number of aromatic amines is 1. The van der Waals surface area contributed by atoms with Crippen LogP contribution in [-0.2, 0) is 19.5 Å². The summed E-state index contributed by atoms with van der Waals surface area (Å²) in [4.78, 5) is 35.1. The van der Waals surface area contributed by atoms with Gasteiger partial charge in [0.1, 0.15) is 18.0 Å². The maximum absolute atomic E-state index is 13.2. The molecule has 154 valence electrons. The van der Waals surface area contributed by atoms with Crippen LogP contribution >= 0.6 is 0 Å². The molecule has 4 heterocycles. The molecule has 1 N–H and O–H groups in total. The number of hydrogen-bond acceptors (Lipinski definition) is 6. The summed E-state index contributed by atoms with van der Waals surface area (Å²) < 4.78 is 13.2. The van der Waals surface area contributed by atoms with E-state index in [0.29, 0.717) is 36.5 Å². The maximum Gasteiger partial charge on any atom is 0.255 e. The van der Waals surface area contributed by atoms with Crippen LogP contribution in [0.5, 0.6) is 0 Å². The molecule has 0 saturated heterocycles. The van der Waals surface area contributed by atoms with Crippen molar-refractivity contribution >= 4 is 0 Å². The van der Waals surface area contributed by atoms with Crippen molar-refractivity contribution in [2.24, 2.45) is 0 Å². The van der Waals surface area contributed by atoms with Gasteiger partial charge in [0.05, 0.1) is 28.2 Å². The van der Waals surface area contributed by atoms with Crippen LogP contribution in [0, 0.1) is 5.82 Å². The van der Waals surface area contributed by atoms with Gasteiger partial charge in [-0.05, 0) is 36.4 Å². The first kappa shape index (κ1) is 19.2. The first-order valence-corrected chi connectivity index (χ1v) is 9.97. The summed E-state index contributed by atoms with van der Waals surface area (Å²) in [5, 5.41) is 0. The molecule has 0 fully saturated rings. The quantitative estimate of drug-likeness (QED) is 0.552. The minimum Gasteiger partial charge on any atom is -0.306 e. The maximum atomic E-state index is 13.2. The Bertz CT molecular complexity index is 1270. The second kappa shape index (κ2) is 8.16. The zero-order chi connectivity index (χ0) is 21.2. The van der Waals surface area contributed by atoms with Crippen LogP contribution < -0.4 is 5.56 Å². The van der Waals surface area contributed by atoms with Crippen LogP contribution in [0.25, 0.3) is 22.6 Å². The lowest BCUT2D eigenvalue weighted by Gasteiger charge is -2.27. The molecule has 5 rings (SSSR count). The van der Waals surface area contributed by atoms with E-state index in [4.69, 9.17) is 4.98 Å². The van der Waals surface area contributed by atoms with Gasteiger partial charge in [0, 0.05) is 44.0 Å². The molecule has 1 aliphatic heterocycles. The van der Waals surface area contributed by atoms with Gasteiger partial charge in [-0.3, -0.25) is 14.7 Å². The van der Waals surface area contributed by atoms with Crippen molar-refractivity contribution < 1.29 is 4.39 Å². The number of fused-ring (bicyclic) bond motifs is 1. The molecule has 0 atom stereocenters. The standard InChI is InChI=1S/C23H19FN6O/c24-17-6-4-15(5-7-17)20-3-1-2-18(27-20)12-30-9-8-21-19(13-30)23(31)29-22(28-21)16-10-25-14-26-11-16/h1-7,10-11,14H,8-9,12-13H2,(H,28,29,31). The summed E-state index contributed by atoms with van der Waals surface area (Å²) in [6, 6.07) is 12.1. The Labute approximate surface area is 177 Å². The van der Waals surface area contributed by atoms with Gasteiger partial charge in [-0.25, -0.2) is 19.3 Å². The third-order valence-corrected chi connectivity index (χ3v) is 5.31. The minimum absolute atomic E-state index is 0.137. The van der Waals surface area contributed by atoms with Crippen LogP contribution in [0.2, 0.25) is 0 Å². The van der Waals surface area contributed by atoms with E-state index < -0.39 is 0 Å². The Kier molecular flexibility index (Phi) is 5.05. The molecular formula is C23H19FN6O. The molecule has 0 saturated carbocycles. The van der Waals surface area contributed by atoms with Crippen LogP contribution in [-0.4, -0.2) is 36.4 Å². The van der Waals surface area contributed by atoms with E-state index >= 15 is 0 Å². The summed E-state index contributed by atoms with van der Waals surface area (Å²) >= 11 is 0. The van der Waals surface area contributed by atoms with Crippen molar-refractivity contribution in [1.29, 1.82) is 0 Å². The van der Waals surface area contributed by atoms with Gasteiger partial charge in [0.25, 0.3) is 5.56 Å². The molecule has 7 nitrogen and oxygen atoms in total.